The minimum absolute atomic E-state index is 1.20. The maximum atomic E-state index is 2.81. The quantitative estimate of drug-likeness (QED) is 0.567. The predicted octanol–water partition coefficient (Wildman–Crippen LogP) is 4.52. The lowest BCUT2D eigenvalue weighted by atomic mass is 9.86. The molecule has 1 heteroatoms. The highest BCUT2D eigenvalue weighted by Gasteiger charge is 2.13. The summed E-state index contributed by atoms with van der Waals surface area (Å²) < 4.78 is 0. The molecule has 0 spiro atoms. The third kappa shape index (κ3) is 2.49. The number of hydrogen-bond acceptors (Lipinski definition) is 0. The maximum Gasteiger partial charge on any atom is -0.0235 e. The van der Waals surface area contributed by atoms with Gasteiger partial charge in [-0.3, -0.25) is 0 Å². The van der Waals surface area contributed by atoms with Gasteiger partial charge in [-0.2, -0.15) is 0 Å². The fraction of sp³-hybridized carbons (Fsp3) is 0.429. The van der Waals surface area contributed by atoms with E-state index < -0.39 is 0 Å². The maximum absolute atomic E-state index is 2.81. The molecule has 0 aromatic carbocycles. The van der Waals surface area contributed by atoms with Gasteiger partial charge in [-0.25, -0.2) is 0 Å². The van der Waals surface area contributed by atoms with Crippen LogP contribution >= 0.6 is 9.24 Å². The van der Waals surface area contributed by atoms with Gasteiger partial charge in [-0.1, -0.05) is 29.1 Å². The van der Waals surface area contributed by atoms with Gasteiger partial charge >= 0.3 is 0 Å². The summed E-state index contributed by atoms with van der Waals surface area (Å²) in [6, 6.07) is 0. The highest BCUT2D eigenvalue weighted by Crippen LogP contribution is 2.34. The van der Waals surface area contributed by atoms with Gasteiger partial charge in [0.05, 0.1) is 0 Å². The van der Waals surface area contributed by atoms with Crippen molar-refractivity contribution in [1.82, 2.24) is 0 Å². The summed E-state index contributed by atoms with van der Waals surface area (Å²) in [6.07, 6.45) is 11.8. The van der Waals surface area contributed by atoms with Crippen molar-refractivity contribution in [3.63, 3.8) is 0 Å². The lowest BCUT2D eigenvalue weighted by Crippen LogP contribution is -2.01. The molecule has 0 bridgehead atoms. The monoisotopic (exact) mass is 218 g/mol. The Morgan fingerprint density at radius 2 is 1.80 bits per heavy atom. The van der Waals surface area contributed by atoms with Gasteiger partial charge in [0.1, 0.15) is 0 Å². The van der Waals surface area contributed by atoms with Crippen LogP contribution in [0.15, 0.2) is 45.8 Å². The molecule has 0 aromatic heterocycles. The van der Waals surface area contributed by atoms with E-state index in [0.717, 1.165) is 0 Å². The number of rotatable bonds is 1. The van der Waals surface area contributed by atoms with E-state index in [1.54, 1.807) is 11.1 Å². The molecule has 0 fully saturated rings. The van der Waals surface area contributed by atoms with Crippen molar-refractivity contribution in [2.24, 2.45) is 0 Å². The highest BCUT2D eigenvalue weighted by molar-refractivity contribution is 7.22. The average molecular weight is 218 g/mol. The third-order valence-corrected chi connectivity index (χ3v) is 3.76. The summed E-state index contributed by atoms with van der Waals surface area (Å²) >= 11 is 0. The Labute approximate surface area is 95.0 Å². The Hall–Kier alpha value is -0.610. The van der Waals surface area contributed by atoms with Crippen LogP contribution < -0.4 is 0 Å². The van der Waals surface area contributed by atoms with Crippen LogP contribution in [0.3, 0.4) is 0 Å². The molecule has 0 aromatic rings. The van der Waals surface area contributed by atoms with Gasteiger partial charge in [0.15, 0.2) is 0 Å². The van der Waals surface area contributed by atoms with Gasteiger partial charge in [0, 0.05) is 0 Å². The van der Waals surface area contributed by atoms with E-state index in [0.29, 0.717) is 0 Å². The summed E-state index contributed by atoms with van der Waals surface area (Å²) in [5.74, 6) is 0. The number of allylic oxidation sites excluding steroid dienone is 8. The molecule has 1 atom stereocenters. The second-order valence-electron chi connectivity index (χ2n) is 4.59. The van der Waals surface area contributed by atoms with E-state index in [1.807, 2.05) is 0 Å². The highest BCUT2D eigenvalue weighted by atomic mass is 31.0. The first-order valence-corrected chi connectivity index (χ1v) is 6.27. The van der Waals surface area contributed by atoms with Crippen LogP contribution in [0.4, 0.5) is 0 Å². The Morgan fingerprint density at radius 3 is 2.40 bits per heavy atom. The van der Waals surface area contributed by atoms with E-state index in [4.69, 9.17) is 0 Å². The molecule has 0 radical (unpaired) electrons. The molecule has 80 valence electrons. The molecule has 0 saturated carbocycles. The van der Waals surface area contributed by atoms with Crippen molar-refractivity contribution in [2.75, 3.05) is 0 Å². The predicted molar refractivity (Wildman–Crippen MR) is 70.8 cm³/mol. The van der Waals surface area contributed by atoms with Gasteiger partial charge < -0.3 is 0 Å². The van der Waals surface area contributed by atoms with Crippen LogP contribution in [0, 0.1) is 0 Å². The minimum atomic E-state index is 1.20. The van der Waals surface area contributed by atoms with Gasteiger partial charge in [0.25, 0.3) is 0 Å². The molecule has 2 rings (SSSR count). The van der Waals surface area contributed by atoms with Crippen LogP contribution in [-0.4, -0.2) is 0 Å². The second-order valence-corrected chi connectivity index (χ2v) is 5.33. The molecule has 1 unspecified atom stereocenters. The Morgan fingerprint density at radius 1 is 1.00 bits per heavy atom. The molecule has 0 N–H and O–H groups in total. The van der Waals surface area contributed by atoms with Crippen LogP contribution in [0.1, 0.15) is 39.5 Å². The topological polar surface area (TPSA) is 0 Å². The van der Waals surface area contributed by atoms with Crippen molar-refractivity contribution < 1.29 is 0 Å². The molecular formula is C14H19P. The fourth-order valence-corrected chi connectivity index (χ4v) is 2.61. The SMILES string of the molecule is CC1=CC(C)=C(C2=CC=C(P)CC2)CC1. The molecule has 0 heterocycles. The lowest BCUT2D eigenvalue weighted by Gasteiger charge is -2.21. The minimum Gasteiger partial charge on any atom is -0.110 e. The van der Waals surface area contributed by atoms with E-state index in [9.17, 15) is 0 Å². The fourth-order valence-electron chi connectivity index (χ4n) is 2.37. The van der Waals surface area contributed by atoms with E-state index in [1.165, 1.54) is 42.1 Å². The van der Waals surface area contributed by atoms with Gasteiger partial charge in [0.2, 0.25) is 0 Å². The Kier molecular flexibility index (Phi) is 3.26. The summed E-state index contributed by atoms with van der Waals surface area (Å²) in [6.45, 7) is 4.48. The second kappa shape index (κ2) is 4.49. The molecule has 0 aliphatic heterocycles. The summed E-state index contributed by atoms with van der Waals surface area (Å²) in [7, 11) is 2.81. The molecule has 0 nitrogen and oxygen atoms in total. The van der Waals surface area contributed by atoms with Crippen molar-refractivity contribution in [1.29, 1.82) is 0 Å². The van der Waals surface area contributed by atoms with E-state index in [-0.39, 0.29) is 0 Å². The van der Waals surface area contributed by atoms with Gasteiger partial charge in [-0.05, 0) is 56.3 Å². The Bertz CT molecular complexity index is 392. The van der Waals surface area contributed by atoms with Crippen LogP contribution in [0.5, 0.6) is 0 Å². The summed E-state index contributed by atoms with van der Waals surface area (Å²) in [5.41, 5.74) is 6.15. The zero-order valence-electron chi connectivity index (χ0n) is 9.64. The first kappa shape index (κ1) is 10.9. The van der Waals surface area contributed by atoms with Crippen molar-refractivity contribution >= 4 is 9.24 Å². The summed E-state index contributed by atoms with van der Waals surface area (Å²) in [4.78, 5) is 0. The van der Waals surface area contributed by atoms with E-state index in [2.05, 4.69) is 41.3 Å². The lowest BCUT2D eigenvalue weighted by molar-refractivity contribution is 0.852. The zero-order valence-corrected chi connectivity index (χ0v) is 10.8. The zero-order chi connectivity index (χ0) is 10.8. The van der Waals surface area contributed by atoms with Crippen molar-refractivity contribution in [2.45, 2.75) is 39.5 Å². The summed E-state index contributed by atoms with van der Waals surface area (Å²) in [5, 5.41) is 1.43. The van der Waals surface area contributed by atoms with Crippen molar-refractivity contribution in [3.8, 4) is 0 Å². The van der Waals surface area contributed by atoms with Crippen LogP contribution in [-0.2, 0) is 0 Å². The first-order valence-electron chi connectivity index (χ1n) is 5.69. The first-order chi connectivity index (χ1) is 7.16. The molecule has 0 amide bonds. The normalized spacial score (nSPS) is 22.2. The largest absolute Gasteiger partial charge is 0.110 e. The Balaban J connectivity index is 2.29. The smallest absolute Gasteiger partial charge is 0.0235 e. The van der Waals surface area contributed by atoms with E-state index >= 15 is 0 Å². The number of hydrogen-bond donors (Lipinski definition) is 0. The molecular weight excluding hydrogens is 199 g/mol. The molecule has 15 heavy (non-hydrogen) atoms. The third-order valence-electron chi connectivity index (χ3n) is 3.28. The van der Waals surface area contributed by atoms with Crippen molar-refractivity contribution in [3.05, 3.63) is 45.8 Å². The average Bonchev–Trinajstić information content (AvgIpc) is 2.20. The van der Waals surface area contributed by atoms with Crippen LogP contribution in [0.25, 0.3) is 0 Å². The molecule has 2 aliphatic carbocycles. The molecule has 2 aliphatic rings. The standard InChI is InChI=1S/C14H19P/c1-10-3-8-14(11(2)9-10)12-4-6-13(15)7-5-12/h4,6,9H,3,5,7-8,15H2,1-2H3. The van der Waals surface area contributed by atoms with Gasteiger partial charge in [-0.15, -0.1) is 9.24 Å². The molecule has 0 saturated heterocycles. The van der Waals surface area contributed by atoms with Crippen LogP contribution in [0.2, 0.25) is 0 Å².